The van der Waals surface area contributed by atoms with Gasteiger partial charge in [-0.1, -0.05) is 13.8 Å². The highest BCUT2D eigenvalue weighted by atomic mass is 15.2. The lowest BCUT2D eigenvalue weighted by atomic mass is 9.65. The second kappa shape index (κ2) is 4.08. The minimum Gasteiger partial charge on any atom is -0.295 e. The van der Waals surface area contributed by atoms with Crippen LogP contribution in [0.15, 0.2) is 0 Å². The number of nitrogens with zero attached hydrogens (tertiary/aromatic N) is 1. The molecule has 2 fully saturated rings. The largest absolute Gasteiger partial charge is 0.295 e. The van der Waals surface area contributed by atoms with E-state index in [1.54, 1.807) is 0 Å². The molecule has 2 aliphatic rings. The molecule has 2 rings (SSSR count). The average Bonchev–Trinajstić information content (AvgIpc) is 2.14. The molecule has 1 unspecified atom stereocenters. The first kappa shape index (κ1) is 11.4. The molecule has 1 heteroatoms. The fourth-order valence-corrected chi connectivity index (χ4v) is 3.70. The molecule has 1 atom stereocenters. The SMILES string of the molecule is CC(C)C1CCN(C(C)C)C2(CCC2)C1. The van der Waals surface area contributed by atoms with Gasteiger partial charge in [0.05, 0.1) is 0 Å². The van der Waals surface area contributed by atoms with Crippen LogP contribution >= 0.6 is 0 Å². The van der Waals surface area contributed by atoms with Gasteiger partial charge in [0.1, 0.15) is 0 Å². The predicted octanol–water partition coefficient (Wildman–Crippen LogP) is 3.69. The molecule has 1 heterocycles. The van der Waals surface area contributed by atoms with Crippen LogP contribution in [-0.2, 0) is 0 Å². The van der Waals surface area contributed by atoms with Crippen molar-refractivity contribution in [3.05, 3.63) is 0 Å². The second-order valence-corrected chi connectivity index (χ2v) is 6.36. The van der Waals surface area contributed by atoms with Crippen molar-refractivity contribution in [2.45, 2.75) is 71.4 Å². The maximum Gasteiger partial charge on any atom is 0.0215 e. The highest BCUT2D eigenvalue weighted by molar-refractivity contribution is 5.03. The van der Waals surface area contributed by atoms with Crippen molar-refractivity contribution in [3.8, 4) is 0 Å². The summed E-state index contributed by atoms with van der Waals surface area (Å²) < 4.78 is 0. The van der Waals surface area contributed by atoms with Crippen LogP contribution in [0.1, 0.15) is 59.8 Å². The lowest BCUT2D eigenvalue weighted by Crippen LogP contribution is -2.60. The van der Waals surface area contributed by atoms with Gasteiger partial charge in [-0.25, -0.2) is 0 Å². The van der Waals surface area contributed by atoms with Crippen LogP contribution in [-0.4, -0.2) is 23.0 Å². The van der Waals surface area contributed by atoms with Gasteiger partial charge in [0.2, 0.25) is 0 Å². The maximum absolute atomic E-state index is 2.80. The number of hydrogen-bond acceptors (Lipinski definition) is 1. The van der Waals surface area contributed by atoms with Gasteiger partial charge in [-0.05, 0) is 64.3 Å². The van der Waals surface area contributed by atoms with E-state index in [0.717, 1.165) is 17.9 Å². The summed E-state index contributed by atoms with van der Waals surface area (Å²) in [4.78, 5) is 2.80. The maximum atomic E-state index is 2.80. The van der Waals surface area contributed by atoms with E-state index in [1.165, 1.54) is 38.6 Å². The van der Waals surface area contributed by atoms with Crippen LogP contribution in [0, 0.1) is 11.8 Å². The van der Waals surface area contributed by atoms with Crippen LogP contribution in [0.3, 0.4) is 0 Å². The number of hydrogen-bond donors (Lipinski definition) is 0. The molecule has 0 bridgehead atoms. The Morgan fingerprint density at radius 1 is 1.13 bits per heavy atom. The van der Waals surface area contributed by atoms with Gasteiger partial charge < -0.3 is 0 Å². The number of rotatable bonds is 2. The Balaban J connectivity index is 2.07. The van der Waals surface area contributed by atoms with Crippen molar-refractivity contribution >= 4 is 0 Å². The Labute approximate surface area is 95.2 Å². The summed E-state index contributed by atoms with van der Waals surface area (Å²) in [7, 11) is 0. The molecule has 0 aromatic rings. The lowest BCUT2D eigenvalue weighted by Gasteiger charge is -2.57. The lowest BCUT2D eigenvalue weighted by molar-refractivity contribution is -0.0642. The minimum atomic E-state index is 0.626. The van der Waals surface area contributed by atoms with Crippen LogP contribution in [0.25, 0.3) is 0 Å². The standard InChI is InChI=1S/C14H27N/c1-11(2)13-6-9-15(12(3)4)14(10-13)7-5-8-14/h11-13H,5-10H2,1-4H3. The first-order valence-corrected chi connectivity index (χ1v) is 6.82. The molecule has 1 saturated heterocycles. The van der Waals surface area contributed by atoms with E-state index >= 15 is 0 Å². The Hall–Kier alpha value is -0.0400. The molecular formula is C14H27N. The van der Waals surface area contributed by atoms with Crippen molar-refractivity contribution in [1.29, 1.82) is 0 Å². The Morgan fingerprint density at radius 3 is 2.20 bits per heavy atom. The van der Waals surface area contributed by atoms with Gasteiger partial charge >= 0.3 is 0 Å². The van der Waals surface area contributed by atoms with Crippen LogP contribution in [0.5, 0.6) is 0 Å². The molecule has 1 aliphatic carbocycles. The molecule has 88 valence electrons. The zero-order valence-electron chi connectivity index (χ0n) is 10.9. The van der Waals surface area contributed by atoms with E-state index in [-0.39, 0.29) is 0 Å². The third-order valence-electron chi connectivity index (χ3n) is 4.84. The van der Waals surface area contributed by atoms with E-state index < -0.39 is 0 Å². The third-order valence-corrected chi connectivity index (χ3v) is 4.84. The average molecular weight is 209 g/mol. The van der Waals surface area contributed by atoms with Crippen molar-refractivity contribution in [1.82, 2.24) is 4.90 Å². The summed E-state index contributed by atoms with van der Waals surface area (Å²) in [6.07, 6.45) is 7.30. The predicted molar refractivity (Wildman–Crippen MR) is 66.0 cm³/mol. The van der Waals surface area contributed by atoms with Gasteiger partial charge in [-0.3, -0.25) is 4.90 Å². The van der Waals surface area contributed by atoms with Crippen molar-refractivity contribution < 1.29 is 0 Å². The smallest absolute Gasteiger partial charge is 0.0215 e. The molecule has 15 heavy (non-hydrogen) atoms. The monoisotopic (exact) mass is 209 g/mol. The molecule has 1 spiro atoms. The fraction of sp³-hybridized carbons (Fsp3) is 1.00. The van der Waals surface area contributed by atoms with Gasteiger partial charge in [-0.15, -0.1) is 0 Å². The fourth-order valence-electron chi connectivity index (χ4n) is 3.70. The summed E-state index contributed by atoms with van der Waals surface area (Å²) in [5.74, 6) is 1.87. The van der Waals surface area contributed by atoms with Crippen LogP contribution < -0.4 is 0 Å². The molecule has 1 nitrogen and oxygen atoms in total. The molecule has 0 radical (unpaired) electrons. The summed E-state index contributed by atoms with van der Waals surface area (Å²) in [6.45, 7) is 10.9. The molecular weight excluding hydrogens is 182 g/mol. The second-order valence-electron chi connectivity index (χ2n) is 6.36. The Morgan fingerprint density at radius 2 is 1.80 bits per heavy atom. The molecule has 0 aromatic heterocycles. The molecule has 1 aliphatic heterocycles. The van der Waals surface area contributed by atoms with E-state index in [9.17, 15) is 0 Å². The van der Waals surface area contributed by atoms with Gasteiger partial charge in [0.15, 0.2) is 0 Å². The summed E-state index contributed by atoms with van der Waals surface area (Å²) in [6, 6.07) is 0.749. The van der Waals surface area contributed by atoms with Crippen LogP contribution in [0.4, 0.5) is 0 Å². The zero-order valence-corrected chi connectivity index (χ0v) is 10.9. The number of piperidine rings is 1. The summed E-state index contributed by atoms with van der Waals surface area (Å²) in [5.41, 5.74) is 0.626. The quantitative estimate of drug-likeness (QED) is 0.670. The topological polar surface area (TPSA) is 3.24 Å². The van der Waals surface area contributed by atoms with E-state index in [4.69, 9.17) is 0 Å². The normalized spacial score (nSPS) is 31.2. The van der Waals surface area contributed by atoms with Gasteiger partial charge in [-0.2, -0.15) is 0 Å². The van der Waals surface area contributed by atoms with Gasteiger partial charge in [0.25, 0.3) is 0 Å². The highest BCUT2D eigenvalue weighted by Gasteiger charge is 2.47. The Bertz CT molecular complexity index is 215. The number of likely N-dealkylation sites (tertiary alicyclic amines) is 1. The Kier molecular flexibility index (Phi) is 3.12. The van der Waals surface area contributed by atoms with E-state index in [1.807, 2.05) is 0 Å². The zero-order chi connectivity index (χ0) is 11.1. The summed E-state index contributed by atoms with van der Waals surface area (Å²) >= 11 is 0. The minimum absolute atomic E-state index is 0.626. The van der Waals surface area contributed by atoms with E-state index in [2.05, 4.69) is 32.6 Å². The molecule has 0 N–H and O–H groups in total. The van der Waals surface area contributed by atoms with Crippen molar-refractivity contribution in [2.75, 3.05) is 6.54 Å². The highest BCUT2D eigenvalue weighted by Crippen LogP contribution is 2.48. The van der Waals surface area contributed by atoms with Crippen LogP contribution in [0.2, 0.25) is 0 Å². The van der Waals surface area contributed by atoms with E-state index in [0.29, 0.717) is 5.54 Å². The van der Waals surface area contributed by atoms with Gasteiger partial charge in [0, 0.05) is 11.6 Å². The molecule has 0 amide bonds. The van der Waals surface area contributed by atoms with Crippen molar-refractivity contribution in [2.24, 2.45) is 11.8 Å². The summed E-state index contributed by atoms with van der Waals surface area (Å²) in [5, 5.41) is 0. The molecule has 0 aromatic carbocycles. The first-order chi connectivity index (χ1) is 7.05. The first-order valence-electron chi connectivity index (χ1n) is 6.82. The van der Waals surface area contributed by atoms with Crippen molar-refractivity contribution in [3.63, 3.8) is 0 Å². The molecule has 1 saturated carbocycles. The third kappa shape index (κ3) is 1.95.